The highest BCUT2D eigenvalue weighted by Gasteiger charge is 2.26. The Hall–Kier alpha value is -4.86. The van der Waals surface area contributed by atoms with Crippen LogP contribution in [0.5, 0.6) is 11.5 Å². The average Bonchev–Trinajstić information content (AvgIpc) is 3.12. The van der Waals surface area contributed by atoms with Gasteiger partial charge in [0.15, 0.2) is 34.8 Å². The fraction of sp³-hybridized carbons (Fsp3) is 0.316. The van der Waals surface area contributed by atoms with Crippen LogP contribution in [0.15, 0.2) is 73.3 Å². The Morgan fingerprint density at radius 1 is 0.479 bits per heavy atom. The zero-order valence-corrected chi connectivity index (χ0v) is 27.1. The van der Waals surface area contributed by atoms with Crippen molar-refractivity contribution in [2.45, 2.75) is 65.2 Å². The summed E-state index contributed by atoms with van der Waals surface area (Å²) in [5, 5.41) is 0. The molecule has 5 aromatic rings. The second-order valence-corrected chi connectivity index (χ2v) is 11.4. The van der Waals surface area contributed by atoms with E-state index in [0.29, 0.717) is 12.8 Å². The molecule has 0 aliphatic carbocycles. The molecule has 0 fully saturated rings. The van der Waals surface area contributed by atoms with Gasteiger partial charge < -0.3 is 9.47 Å². The fourth-order valence-corrected chi connectivity index (χ4v) is 5.28. The first-order valence-corrected chi connectivity index (χ1v) is 16.4. The summed E-state index contributed by atoms with van der Waals surface area (Å²) < 4.78 is 74.5. The second-order valence-electron chi connectivity index (χ2n) is 11.4. The predicted molar refractivity (Wildman–Crippen MR) is 178 cm³/mol. The minimum absolute atomic E-state index is 0.0340. The van der Waals surface area contributed by atoms with E-state index < -0.39 is 34.8 Å². The van der Waals surface area contributed by atoms with Gasteiger partial charge in [0.2, 0.25) is 0 Å². The zero-order chi connectivity index (χ0) is 33.9. The third kappa shape index (κ3) is 7.98. The van der Waals surface area contributed by atoms with Gasteiger partial charge in [0, 0.05) is 34.6 Å². The van der Waals surface area contributed by atoms with Crippen LogP contribution in [0, 0.1) is 23.3 Å². The van der Waals surface area contributed by atoms with E-state index in [-0.39, 0.29) is 58.2 Å². The molecule has 0 radical (unpaired) electrons. The summed E-state index contributed by atoms with van der Waals surface area (Å²) in [5.74, 6) is -4.66. The van der Waals surface area contributed by atoms with Crippen LogP contribution in [0.25, 0.3) is 45.0 Å². The van der Waals surface area contributed by atoms with E-state index in [4.69, 9.17) is 9.47 Å². The standard InChI is InChI=1S/C38H38F4N4O2/c1-3-5-7-13-19-47-37-33(39)25(29-15-9-11-17-43-29)21-27(35(37)41)31-23-46-32(24-45-31)28-22-26(30-16-10-12-18-44-30)34(40)38(36(28)42)48-20-14-8-6-4-2/h9-12,15-18,21-24H,3-8,13-14,19-20H2,1-2H3. The SMILES string of the molecule is CCCCCCOc1c(F)c(-c2ccccn2)cc(-c2cnc(-c3cc(-c4ccccn4)c(F)c(OCCCCCC)c3F)cn2)c1F. The van der Waals surface area contributed by atoms with Crippen molar-refractivity contribution < 1.29 is 27.0 Å². The maximum absolute atomic E-state index is 15.9. The molecule has 0 unspecified atom stereocenters. The van der Waals surface area contributed by atoms with Gasteiger partial charge in [0.25, 0.3) is 0 Å². The molecule has 2 aromatic carbocycles. The molecule has 0 bridgehead atoms. The summed E-state index contributed by atoms with van der Waals surface area (Å²) in [4.78, 5) is 17.3. The highest BCUT2D eigenvalue weighted by molar-refractivity contribution is 5.76. The minimum atomic E-state index is -0.936. The molecule has 0 aliphatic rings. The van der Waals surface area contributed by atoms with Crippen LogP contribution < -0.4 is 9.47 Å². The normalized spacial score (nSPS) is 11.1. The summed E-state index contributed by atoms with van der Waals surface area (Å²) in [7, 11) is 0. The average molecular weight is 659 g/mol. The second kappa shape index (κ2) is 16.8. The van der Waals surface area contributed by atoms with E-state index in [1.165, 1.54) is 36.9 Å². The molecular weight excluding hydrogens is 620 g/mol. The number of hydrogen-bond acceptors (Lipinski definition) is 6. The van der Waals surface area contributed by atoms with Crippen molar-refractivity contribution in [1.82, 2.24) is 19.9 Å². The molecular formula is C38H38F4N4O2. The van der Waals surface area contributed by atoms with Crippen LogP contribution in [0.2, 0.25) is 0 Å². The van der Waals surface area contributed by atoms with E-state index in [9.17, 15) is 0 Å². The van der Waals surface area contributed by atoms with Crippen molar-refractivity contribution in [2.24, 2.45) is 0 Å². The third-order valence-corrected chi connectivity index (χ3v) is 7.89. The topological polar surface area (TPSA) is 70.0 Å². The summed E-state index contributed by atoms with van der Waals surface area (Å²) in [6, 6.07) is 12.6. The van der Waals surface area contributed by atoms with E-state index in [1.807, 2.05) is 0 Å². The fourth-order valence-electron chi connectivity index (χ4n) is 5.28. The summed E-state index contributed by atoms with van der Waals surface area (Å²) >= 11 is 0. The minimum Gasteiger partial charge on any atom is -0.488 e. The van der Waals surface area contributed by atoms with Crippen LogP contribution in [0.3, 0.4) is 0 Å². The van der Waals surface area contributed by atoms with Gasteiger partial charge >= 0.3 is 0 Å². The first-order valence-electron chi connectivity index (χ1n) is 16.4. The molecule has 0 aliphatic heterocycles. The van der Waals surface area contributed by atoms with Gasteiger partial charge in [-0.1, -0.05) is 64.5 Å². The lowest BCUT2D eigenvalue weighted by molar-refractivity contribution is 0.276. The van der Waals surface area contributed by atoms with Gasteiger partial charge in [0.1, 0.15) is 0 Å². The lowest BCUT2D eigenvalue weighted by Gasteiger charge is -2.16. The molecule has 5 rings (SSSR count). The number of pyridine rings is 2. The molecule has 0 amide bonds. The van der Waals surface area contributed by atoms with Gasteiger partial charge in [-0.3, -0.25) is 19.9 Å². The number of hydrogen-bond donors (Lipinski definition) is 0. The van der Waals surface area contributed by atoms with E-state index in [0.717, 1.165) is 38.5 Å². The molecule has 250 valence electrons. The Morgan fingerprint density at radius 2 is 0.875 bits per heavy atom. The highest BCUT2D eigenvalue weighted by Crippen LogP contribution is 2.40. The number of halogens is 4. The van der Waals surface area contributed by atoms with Crippen molar-refractivity contribution in [1.29, 1.82) is 0 Å². The van der Waals surface area contributed by atoms with E-state index in [2.05, 4.69) is 33.8 Å². The number of benzene rings is 2. The molecule has 3 aromatic heterocycles. The Balaban J connectivity index is 1.54. The van der Waals surface area contributed by atoms with Gasteiger partial charge in [-0.05, 0) is 49.2 Å². The van der Waals surface area contributed by atoms with Crippen molar-refractivity contribution >= 4 is 0 Å². The molecule has 0 saturated heterocycles. The van der Waals surface area contributed by atoms with Crippen LogP contribution in [0.1, 0.15) is 65.2 Å². The van der Waals surface area contributed by atoms with Gasteiger partial charge in [-0.15, -0.1) is 0 Å². The summed E-state index contributed by atoms with van der Waals surface area (Å²) in [6.45, 7) is 4.41. The molecule has 0 atom stereocenters. The highest BCUT2D eigenvalue weighted by atomic mass is 19.1. The maximum atomic E-state index is 15.9. The van der Waals surface area contributed by atoms with Crippen LogP contribution in [-0.4, -0.2) is 33.1 Å². The molecule has 0 N–H and O–H groups in total. The lowest BCUT2D eigenvalue weighted by atomic mass is 10.0. The number of unbranched alkanes of at least 4 members (excludes halogenated alkanes) is 6. The molecule has 10 heteroatoms. The lowest BCUT2D eigenvalue weighted by Crippen LogP contribution is -2.06. The molecule has 0 spiro atoms. The van der Waals surface area contributed by atoms with Crippen LogP contribution in [-0.2, 0) is 0 Å². The smallest absolute Gasteiger partial charge is 0.192 e. The number of ether oxygens (including phenoxy) is 2. The summed E-state index contributed by atoms with van der Waals surface area (Å²) in [5.41, 5.74) is 0.629. The van der Waals surface area contributed by atoms with Crippen molar-refractivity contribution in [3.63, 3.8) is 0 Å². The Labute approximate surface area is 278 Å². The van der Waals surface area contributed by atoms with Crippen LogP contribution >= 0.6 is 0 Å². The predicted octanol–water partition coefficient (Wildman–Crippen LogP) is 10.4. The molecule has 0 saturated carbocycles. The van der Waals surface area contributed by atoms with Crippen molar-refractivity contribution in [2.75, 3.05) is 13.2 Å². The first-order chi connectivity index (χ1) is 23.4. The zero-order valence-electron chi connectivity index (χ0n) is 27.1. The van der Waals surface area contributed by atoms with Gasteiger partial charge in [-0.25, -0.2) is 17.6 Å². The van der Waals surface area contributed by atoms with Crippen molar-refractivity contribution in [3.8, 4) is 56.5 Å². The van der Waals surface area contributed by atoms with Crippen LogP contribution in [0.4, 0.5) is 17.6 Å². The van der Waals surface area contributed by atoms with Gasteiger partial charge in [0.05, 0.1) is 48.4 Å². The number of rotatable bonds is 16. The Morgan fingerprint density at radius 3 is 1.21 bits per heavy atom. The van der Waals surface area contributed by atoms with E-state index in [1.54, 1.807) is 36.4 Å². The van der Waals surface area contributed by atoms with Gasteiger partial charge in [-0.2, -0.15) is 0 Å². The molecule has 3 heterocycles. The Kier molecular flexibility index (Phi) is 12.1. The Bertz CT molecular complexity index is 1660. The van der Waals surface area contributed by atoms with Crippen molar-refractivity contribution in [3.05, 3.63) is 96.6 Å². The monoisotopic (exact) mass is 658 g/mol. The first kappa shape index (κ1) is 34.5. The third-order valence-electron chi connectivity index (χ3n) is 7.89. The summed E-state index contributed by atoms with van der Waals surface area (Å²) in [6.07, 6.45) is 12.5. The molecule has 6 nitrogen and oxygen atoms in total. The number of aromatic nitrogens is 4. The molecule has 48 heavy (non-hydrogen) atoms. The number of nitrogens with zero attached hydrogens (tertiary/aromatic N) is 4. The quantitative estimate of drug-likeness (QED) is 0.0776. The maximum Gasteiger partial charge on any atom is 0.192 e. The largest absolute Gasteiger partial charge is 0.488 e. The van der Waals surface area contributed by atoms with E-state index >= 15 is 17.6 Å².